The molecule has 2 N–H and O–H groups in total. The first-order valence-corrected chi connectivity index (χ1v) is 11.1. The minimum Gasteiger partial charge on any atom is -0.487 e. The van der Waals surface area contributed by atoms with Crippen molar-refractivity contribution in [2.45, 2.75) is 56.1 Å². The van der Waals surface area contributed by atoms with Crippen LogP contribution in [0.15, 0.2) is 42.5 Å². The molecule has 0 bridgehead atoms. The predicted molar refractivity (Wildman–Crippen MR) is 115 cm³/mol. The first-order chi connectivity index (χ1) is 16.9. The molecule has 0 fully saturated rings. The summed E-state index contributed by atoms with van der Waals surface area (Å²) in [7, 11) is 0. The summed E-state index contributed by atoms with van der Waals surface area (Å²) in [5, 5.41) is 11.4. The van der Waals surface area contributed by atoms with E-state index in [1.165, 1.54) is 18.2 Å². The van der Waals surface area contributed by atoms with Gasteiger partial charge in [-0.15, -0.1) is 0 Å². The fraction of sp³-hybridized carbons (Fsp3) is 0.478. The molecule has 2 unspecified atom stereocenters. The van der Waals surface area contributed by atoms with Gasteiger partial charge in [-0.3, -0.25) is 0 Å². The minimum atomic E-state index is -5.96. The summed E-state index contributed by atoms with van der Waals surface area (Å²) >= 11 is 5.95. The fourth-order valence-electron chi connectivity index (χ4n) is 3.23. The third kappa shape index (κ3) is 8.11. The molecule has 2 rings (SSSR count). The Hall–Kier alpha value is -2.25. The lowest BCUT2D eigenvalue weighted by atomic mass is 9.97. The molecule has 0 radical (unpaired) electrons. The molecule has 0 spiro atoms. The minimum absolute atomic E-state index is 0.0400. The molecule has 208 valence electrons. The molecule has 14 heteroatoms. The van der Waals surface area contributed by atoms with Crippen molar-refractivity contribution in [1.29, 1.82) is 0 Å². The normalized spacial score (nSPS) is 14.9. The second-order valence-electron chi connectivity index (χ2n) is 8.15. The van der Waals surface area contributed by atoms with E-state index in [9.17, 15) is 40.2 Å². The van der Waals surface area contributed by atoms with Crippen molar-refractivity contribution in [3.05, 3.63) is 64.2 Å². The Labute approximate surface area is 210 Å². The number of hydrogen-bond acceptors (Lipinski definition) is 3. The maximum Gasteiger partial charge on any atom is 0.458 e. The maximum atomic E-state index is 15.1. The summed E-state index contributed by atoms with van der Waals surface area (Å²) in [4.78, 5) is 0. The van der Waals surface area contributed by atoms with Crippen LogP contribution in [0.4, 0.5) is 43.9 Å². The summed E-state index contributed by atoms with van der Waals surface area (Å²) in [5.74, 6) is -9.31. The van der Waals surface area contributed by atoms with Crippen LogP contribution in [-0.4, -0.2) is 48.7 Å². The van der Waals surface area contributed by atoms with Gasteiger partial charge in [0, 0.05) is 17.1 Å². The van der Waals surface area contributed by atoms with Gasteiger partial charge in [0.1, 0.15) is 5.75 Å². The summed E-state index contributed by atoms with van der Waals surface area (Å²) in [6, 6.07) is 4.31. The number of ether oxygens (including phenoxy) is 1. The lowest BCUT2D eigenvalue weighted by molar-refractivity contribution is -0.289. The van der Waals surface area contributed by atoms with Crippen molar-refractivity contribution >= 4 is 11.6 Å². The van der Waals surface area contributed by atoms with Crippen molar-refractivity contribution < 1.29 is 53.7 Å². The highest BCUT2D eigenvalue weighted by Gasteiger charge is 2.58. The van der Waals surface area contributed by atoms with Crippen LogP contribution in [0.25, 0.3) is 0 Å². The summed E-state index contributed by atoms with van der Waals surface area (Å²) in [6.07, 6.45) is -14.7. The van der Waals surface area contributed by atoms with E-state index in [4.69, 9.17) is 16.3 Å². The molecule has 0 aliphatic heterocycles. The third-order valence-electron chi connectivity index (χ3n) is 5.36. The Morgan fingerprint density at radius 2 is 1.59 bits per heavy atom. The van der Waals surface area contributed by atoms with Crippen LogP contribution in [0.1, 0.15) is 23.6 Å². The van der Waals surface area contributed by atoms with Gasteiger partial charge in [0.2, 0.25) is 0 Å². The third-order valence-corrected chi connectivity index (χ3v) is 5.73. The highest BCUT2D eigenvalue weighted by Crippen LogP contribution is 2.44. The average molecular weight is 570 g/mol. The first kappa shape index (κ1) is 31.0. The zero-order valence-corrected chi connectivity index (χ0v) is 19.8. The van der Waals surface area contributed by atoms with Crippen molar-refractivity contribution in [1.82, 2.24) is 5.32 Å². The number of alkyl halides is 10. The second kappa shape index (κ2) is 11.6. The standard InChI is InChI=1S/C23H22ClF10NO2/c1-2-14-10-16(6-7-17(14)24)37-12-20(25,26)18(35-11-19(36)22(29,30)31)9-13-4-3-5-15(8-13)21(27,28)23(32,33)34/h3-8,10,18-19,35-36H,2,9,11-12H2,1H3. The van der Waals surface area contributed by atoms with Gasteiger partial charge in [-0.1, -0.05) is 36.7 Å². The number of nitrogens with one attached hydrogen (secondary N) is 1. The van der Waals surface area contributed by atoms with Crippen LogP contribution in [-0.2, 0) is 18.8 Å². The molecular formula is C23H22ClF10NO2. The molecule has 0 amide bonds. The van der Waals surface area contributed by atoms with E-state index in [2.05, 4.69) is 0 Å². The van der Waals surface area contributed by atoms with Crippen molar-refractivity contribution in [2.24, 2.45) is 0 Å². The van der Waals surface area contributed by atoms with Gasteiger partial charge in [0.05, 0.1) is 6.04 Å². The lowest BCUT2D eigenvalue weighted by Crippen LogP contribution is -2.53. The van der Waals surface area contributed by atoms with Crippen molar-refractivity contribution in [3.8, 4) is 5.75 Å². The number of aryl methyl sites for hydroxylation is 1. The van der Waals surface area contributed by atoms with E-state index >= 15 is 8.78 Å². The topological polar surface area (TPSA) is 41.5 Å². The average Bonchev–Trinajstić information content (AvgIpc) is 2.79. The Morgan fingerprint density at radius 3 is 2.16 bits per heavy atom. The Morgan fingerprint density at radius 1 is 0.946 bits per heavy atom. The molecule has 0 aromatic heterocycles. The number of benzene rings is 2. The van der Waals surface area contributed by atoms with Gasteiger partial charge in [0.25, 0.3) is 5.92 Å². The molecule has 2 aromatic carbocycles. The molecule has 0 aliphatic carbocycles. The van der Waals surface area contributed by atoms with Crippen LogP contribution in [0.2, 0.25) is 5.02 Å². The Kier molecular flexibility index (Phi) is 9.75. The summed E-state index contributed by atoms with van der Waals surface area (Å²) in [6.45, 7) is -1.05. The van der Waals surface area contributed by atoms with Gasteiger partial charge in [-0.05, 0) is 48.2 Å². The van der Waals surface area contributed by atoms with Crippen molar-refractivity contribution in [2.75, 3.05) is 13.2 Å². The Bertz CT molecular complexity index is 1040. The molecule has 2 aromatic rings. The van der Waals surface area contributed by atoms with E-state index in [0.717, 1.165) is 12.1 Å². The number of hydrogen-bond donors (Lipinski definition) is 2. The lowest BCUT2D eigenvalue weighted by Gasteiger charge is -2.30. The molecule has 2 atom stereocenters. The van der Waals surface area contributed by atoms with Gasteiger partial charge in [-0.2, -0.15) is 35.1 Å². The van der Waals surface area contributed by atoms with Crippen LogP contribution in [0, 0.1) is 0 Å². The van der Waals surface area contributed by atoms with Gasteiger partial charge in [0.15, 0.2) is 12.7 Å². The number of aliphatic hydroxyl groups excluding tert-OH is 1. The first-order valence-electron chi connectivity index (χ1n) is 10.7. The molecule has 0 aliphatic rings. The zero-order chi connectivity index (χ0) is 28.2. The molecular weight excluding hydrogens is 548 g/mol. The molecule has 0 heterocycles. The molecule has 0 saturated carbocycles. The monoisotopic (exact) mass is 569 g/mol. The second-order valence-corrected chi connectivity index (χ2v) is 8.56. The highest BCUT2D eigenvalue weighted by atomic mass is 35.5. The van der Waals surface area contributed by atoms with Crippen LogP contribution in [0.5, 0.6) is 5.75 Å². The Balaban J connectivity index is 2.31. The van der Waals surface area contributed by atoms with Gasteiger partial charge < -0.3 is 15.2 Å². The van der Waals surface area contributed by atoms with E-state index < -0.39 is 67.0 Å². The fourth-order valence-corrected chi connectivity index (χ4v) is 3.48. The SMILES string of the molecule is CCc1cc(OCC(F)(F)C(Cc2cccc(C(F)(F)C(F)(F)F)c2)NCC(O)C(F)(F)F)ccc1Cl. The number of halogens is 11. The predicted octanol–water partition coefficient (Wildman–Crippen LogP) is 6.69. The largest absolute Gasteiger partial charge is 0.487 e. The van der Waals surface area contributed by atoms with Gasteiger partial charge >= 0.3 is 18.3 Å². The van der Waals surface area contributed by atoms with E-state index in [1.807, 2.05) is 5.32 Å². The van der Waals surface area contributed by atoms with E-state index in [-0.39, 0.29) is 5.75 Å². The molecule has 37 heavy (non-hydrogen) atoms. The molecule has 0 saturated heterocycles. The summed E-state index contributed by atoms with van der Waals surface area (Å²) < 4.78 is 139. The van der Waals surface area contributed by atoms with Crippen LogP contribution < -0.4 is 10.1 Å². The van der Waals surface area contributed by atoms with Crippen molar-refractivity contribution in [3.63, 3.8) is 0 Å². The zero-order valence-electron chi connectivity index (χ0n) is 19.0. The number of rotatable bonds is 11. The quantitative estimate of drug-likeness (QED) is 0.296. The highest BCUT2D eigenvalue weighted by molar-refractivity contribution is 6.31. The molecule has 3 nitrogen and oxygen atoms in total. The van der Waals surface area contributed by atoms with Gasteiger partial charge in [-0.25, -0.2) is 8.78 Å². The maximum absolute atomic E-state index is 15.1. The van der Waals surface area contributed by atoms with Crippen LogP contribution >= 0.6 is 11.6 Å². The number of aliphatic hydroxyl groups is 1. The smallest absolute Gasteiger partial charge is 0.458 e. The van der Waals surface area contributed by atoms with Crippen LogP contribution in [0.3, 0.4) is 0 Å². The van der Waals surface area contributed by atoms with E-state index in [0.29, 0.717) is 29.1 Å². The summed E-state index contributed by atoms with van der Waals surface area (Å²) in [5.41, 5.74) is -1.41. The van der Waals surface area contributed by atoms with E-state index in [1.54, 1.807) is 6.92 Å².